The smallest absolute Gasteiger partial charge is 0.306 e. The molecule has 8 bridgehead atoms. The minimum atomic E-state index is -0.883. The molecule has 0 fully saturated rings. The maximum Gasteiger partial charge on any atom is 0.306 e. The predicted octanol–water partition coefficient (Wildman–Crippen LogP) is 7.58. The molecule has 246 valence electrons. The van der Waals surface area contributed by atoms with E-state index in [2.05, 4.69) is 45.3 Å². The molecule has 6 rings (SSSR count). The highest BCUT2D eigenvalue weighted by Gasteiger charge is 2.22. The molecule has 0 aliphatic carbocycles. The summed E-state index contributed by atoms with van der Waals surface area (Å²) < 4.78 is 7.12. The van der Waals surface area contributed by atoms with Crippen LogP contribution in [0.15, 0.2) is 47.8 Å². The van der Waals surface area contributed by atoms with E-state index in [1.54, 1.807) is 11.5 Å². The average molecular weight is 648 g/mol. The van der Waals surface area contributed by atoms with Crippen LogP contribution in [0.2, 0.25) is 0 Å². The largest absolute Gasteiger partial charge is 0.481 e. The van der Waals surface area contributed by atoms with Crippen molar-refractivity contribution in [3.63, 3.8) is 0 Å². The number of nitroso groups, excluding NO2 is 1. The standard InChI is InChI=1S/C36H37N7O5/c1-19-12-25-15-30-21(3)27(7-9-36(46)48-11-10-43-23(5)37-18-34(43)42-47)33(40-30)17-32-26(6-8-35(44)45)22(4)31(41-32)16-29-20(2)13-24(39-29)14-28(19)38-25/h12-18,38-39H,6-11H2,1-5H3,(H,44,45). The van der Waals surface area contributed by atoms with E-state index in [1.165, 1.54) is 6.20 Å². The number of nitrogens with one attached hydrogen (secondary N) is 2. The number of aromatic amines is 2. The van der Waals surface area contributed by atoms with Crippen LogP contribution < -0.4 is 0 Å². The Morgan fingerprint density at radius 1 is 0.792 bits per heavy atom. The molecule has 12 nitrogen and oxygen atoms in total. The van der Waals surface area contributed by atoms with Crippen molar-refractivity contribution in [1.29, 1.82) is 0 Å². The van der Waals surface area contributed by atoms with Gasteiger partial charge < -0.3 is 24.4 Å². The Bertz CT molecular complexity index is 2200. The van der Waals surface area contributed by atoms with Crippen molar-refractivity contribution >= 4 is 62.1 Å². The molecule has 0 amide bonds. The summed E-state index contributed by atoms with van der Waals surface area (Å²) in [6, 6.07) is 12.1. The fraction of sp³-hybridized carbons (Fsp3) is 0.306. The van der Waals surface area contributed by atoms with Gasteiger partial charge in [-0.3, -0.25) is 9.59 Å². The molecule has 0 spiro atoms. The molecule has 0 atom stereocenters. The first kappa shape index (κ1) is 32.3. The highest BCUT2D eigenvalue weighted by atomic mass is 16.5. The third-order valence-corrected chi connectivity index (χ3v) is 8.95. The summed E-state index contributed by atoms with van der Waals surface area (Å²) in [7, 11) is 0. The van der Waals surface area contributed by atoms with Crippen LogP contribution in [0.5, 0.6) is 0 Å². The second-order valence-electron chi connectivity index (χ2n) is 12.2. The molecular weight excluding hydrogens is 610 g/mol. The fourth-order valence-electron chi connectivity index (χ4n) is 6.22. The Labute approximate surface area is 276 Å². The second kappa shape index (κ2) is 13.2. The van der Waals surface area contributed by atoms with E-state index in [9.17, 15) is 19.6 Å². The molecule has 6 heterocycles. The fourth-order valence-corrected chi connectivity index (χ4v) is 6.22. The van der Waals surface area contributed by atoms with Crippen LogP contribution in [0.1, 0.15) is 79.3 Å². The van der Waals surface area contributed by atoms with E-state index in [0.29, 0.717) is 30.1 Å². The molecule has 0 saturated heterocycles. The third kappa shape index (κ3) is 6.59. The number of carboxylic acids is 1. The van der Waals surface area contributed by atoms with Gasteiger partial charge in [-0.05, 0) is 122 Å². The number of carboxylic acid groups (broad SMARTS) is 1. The third-order valence-electron chi connectivity index (χ3n) is 8.95. The molecule has 4 aromatic rings. The average Bonchev–Trinajstić information content (AvgIpc) is 3.81. The SMILES string of the molecule is CC1=C(CCC(=O)O)c2cc3nc(cc4cc(C)c(cc5cc(C)c(cc1n2)[nH]5)[nH]4)C(C)=C3CCC(=O)OCCn1c(N=O)cnc1C. The molecule has 3 N–H and O–H groups in total. The number of carbonyl (C=O) groups is 2. The lowest BCUT2D eigenvalue weighted by atomic mass is 9.98. The van der Waals surface area contributed by atoms with Gasteiger partial charge in [-0.2, -0.15) is 0 Å². The first-order chi connectivity index (χ1) is 23.0. The summed E-state index contributed by atoms with van der Waals surface area (Å²) >= 11 is 0. The van der Waals surface area contributed by atoms with E-state index in [-0.39, 0.29) is 37.8 Å². The van der Waals surface area contributed by atoms with Crippen molar-refractivity contribution in [3.8, 4) is 0 Å². The normalized spacial score (nSPS) is 12.9. The number of fused-ring (bicyclic) bond motifs is 8. The van der Waals surface area contributed by atoms with Gasteiger partial charge in [0.2, 0.25) is 0 Å². The van der Waals surface area contributed by atoms with Gasteiger partial charge in [0.15, 0.2) is 5.82 Å². The summed E-state index contributed by atoms with van der Waals surface area (Å²) in [6.07, 6.45) is 2.16. The number of hydrogen-bond acceptors (Lipinski definition) is 8. The first-order valence-electron chi connectivity index (χ1n) is 15.8. The lowest BCUT2D eigenvalue weighted by Crippen LogP contribution is -2.12. The number of esters is 1. The Morgan fingerprint density at radius 3 is 2.00 bits per heavy atom. The van der Waals surface area contributed by atoms with Gasteiger partial charge in [0.05, 0.1) is 35.5 Å². The number of carbonyl (C=O) groups excluding carboxylic acids is 1. The Hall–Kier alpha value is -5.65. The lowest BCUT2D eigenvalue weighted by molar-refractivity contribution is -0.143. The number of allylic oxidation sites excluding steroid dienone is 4. The lowest BCUT2D eigenvalue weighted by Gasteiger charge is -2.09. The van der Waals surface area contributed by atoms with Gasteiger partial charge in [0.25, 0.3) is 0 Å². The van der Waals surface area contributed by atoms with E-state index >= 15 is 0 Å². The zero-order valence-electron chi connectivity index (χ0n) is 27.6. The minimum Gasteiger partial charge on any atom is -0.481 e. The maximum atomic E-state index is 12.9. The Kier molecular flexibility index (Phi) is 8.90. The number of nitrogens with zero attached hydrogens (tertiary/aromatic N) is 5. The van der Waals surface area contributed by atoms with E-state index in [4.69, 9.17) is 14.7 Å². The van der Waals surface area contributed by atoms with Crippen LogP contribution in [0.25, 0.3) is 44.4 Å². The number of hydrogen-bond donors (Lipinski definition) is 3. The van der Waals surface area contributed by atoms with Gasteiger partial charge in [0.1, 0.15) is 12.4 Å². The number of aromatic nitrogens is 6. The van der Waals surface area contributed by atoms with Crippen LogP contribution in [0.4, 0.5) is 5.82 Å². The molecule has 0 saturated carbocycles. The molecule has 2 aliphatic rings. The van der Waals surface area contributed by atoms with Crippen molar-refractivity contribution < 1.29 is 19.4 Å². The first-order valence-corrected chi connectivity index (χ1v) is 15.8. The van der Waals surface area contributed by atoms with Crippen molar-refractivity contribution in [2.45, 2.75) is 66.8 Å². The number of ether oxygens (including phenoxy) is 1. The van der Waals surface area contributed by atoms with Gasteiger partial charge in [-0.25, -0.2) is 15.0 Å². The number of imidazole rings is 1. The van der Waals surface area contributed by atoms with Gasteiger partial charge >= 0.3 is 11.9 Å². The van der Waals surface area contributed by atoms with Gasteiger partial charge in [-0.1, -0.05) is 0 Å². The summed E-state index contributed by atoms with van der Waals surface area (Å²) in [5, 5.41) is 12.5. The second-order valence-corrected chi connectivity index (χ2v) is 12.2. The zero-order valence-corrected chi connectivity index (χ0v) is 27.6. The Balaban J connectivity index is 1.40. The number of H-pyrrole nitrogens is 2. The van der Waals surface area contributed by atoms with Crippen LogP contribution in [-0.2, 0) is 20.9 Å². The zero-order chi connectivity index (χ0) is 34.1. The van der Waals surface area contributed by atoms with Crippen molar-refractivity contribution in [2.24, 2.45) is 5.18 Å². The van der Waals surface area contributed by atoms with Crippen molar-refractivity contribution in [3.05, 3.63) is 87.2 Å². The molecule has 4 aromatic heterocycles. The summed E-state index contributed by atoms with van der Waals surface area (Å²) in [6.45, 7) is 10.1. The van der Waals surface area contributed by atoms with E-state index < -0.39 is 5.97 Å². The van der Waals surface area contributed by atoms with Crippen molar-refractivity contribution in [1.82, 2.24) is 29.5 Å². The summed E-state index contributed by atoms with van der Waals surface area (Å²) in [5.41, 5.74) is 12.3. The van der Waals surface area contributed by atoms with Crippen molar-refractivity contribution in [2.75, 3.05) is 6.61 Å². The monoisotopic (exact) mass is 647 g/mol. The quantitative estimate of drug-likeness (QED) is 0.117. The van der Waals surface area contributed by atoms with Gasteiger partial charge in [0, 0.05) is 34.9 Å². The van der Waals surface area contributed by atoms with E-state index in [1.807, 2.05) is 39.0 Å². The van der Waals surface area contributed by atoms with Crippen LogP contribution in [0, 0.1) is 25.7 Å². The van der Waals surface area contributed by atoms with Crippen LogP contribution in [-0.4, -0.2) is 53.1 Å². The molecular formula is C36H37N7O5. The summed E-state index contributed by atoms with van der Waals surface area (Å²) in [5.74, 6) is -0.473. The summed E-state index contributed by atoms with van der Waals surface area (Å²) in [4.78, 5) is 56.6. The topological polar surface area (TPSA) is 168 Å². The predicted molar refractivity (Wildman–Crippen MR) is 185 cm³/mol. The molecule has 12 heteroatoms. The molecule has 2 aliphatic heterocycles. The molecule has 0 radical (unpaired) electrons. The highest BCUT2D eigenvalue weighted by molar-refractivity contribution is 5.96. The molecule has 0 aromatic carbocycles. The number of aliphatic carboxylic acids is 1. The maximum absolute atomic E-state index is 12.9. The van der Waals surface area contributed by atoms with Crippen LogP contribution in [0.3, 0.4) is 0 Å². The number of rotatable bonds is 10. The van der Waals surface area contributed by atoms with Gasteiger partial charge in [-0.15, -0.1) is 4.91 Å². The van der Waals surface area contributed by atoms with Crippen LogP contribution >= 0.6 is 0 Å². The highest BCUT2D eigenvalue weighted by Crippen LogP contribution is 2.37. The Morgan fingerprint density at radius 2 is 1.38 bits per heavy atom. The number of aryl methyl sites for hydroxylation is 3. The molecule has 48 heavy (non-hydrogen) atoms. The molecule has 0 unspecified atom stereocenters. The van der Waals surface area contributed by atoms with E-state index in [0.717, 1.165) is 66.9 Å². The minimum absolute atomic E-state index is 0.0318.